The molecule has 138 valence electrons. The molecule has 0 spiro atoms. The third kappa shape index (κ3) is 3.55. The van der Waals surface area contributed by atoms with Gasteiger partial charge in [-0.2, -0.15) is 10.2 Å². The van der Waals surface area contributed by atoms with Crippen molar-refractivity contribution in [3.63, 3.8) is 0 Å². The maximum atomic E-state index is 12.5. The summed E-state index contributed by atoms with van der Waals surface area (Å²) in [5.74, 6) is -0.328. The Labute approximate surface area is 163 Å². The van der Waals surface area contributed by atoms with Crippen LogP contribution in [0.1, 0.15) is 28.5 Å². The molecule has 0 radical (unpaired) electrons. The summed E-state index contributed by atoms with van der Waals surface area (Å²) in [6.45, 7) is 3.89. The molecule has 4 rings (SSSR count). The molecule has 0 saturated heterocycles. The fraction of sp³-hybridized carbons (Fsp3) is 0.0870. The fourth-order valence-corrected chi connectivity index (χ4v) is 3.08. The standard InChI is InChI=1S/C23H20N4O/c1-15-10-12-17(13-11-15)16(2)24-27-23(28)22-14-21(25-26-22)20-9-5-7-18-6-3-4-8-19(18)20/h3-14H,1-2H3,(H,25,26)(H,27,28). The van der Waals surface area contributed by atoms with Gasteiger partial charge in [0.15, 0.2) is 0 Å². The lowest BCUT2D eigenvalue weighted by molar-refractivity contribution is 0.0950. The predicted octanol–water partition coefficient (Wildman–Crippen LogP) is 4.69. The third-order valence-corrected chi connectivity index (χ3v) is 4.68. The lowest BCUT2D eigenvalue weighted by atomic mass is 10.0. The minimum Gasteiger partial charge on any atom is -0.272 e. The quantitative estimate of drug-likeness (QED) is 0.405. The maximum Gasteiger partial charge on any atom is 0.289 e. The van der Waals surface area contributed by atoms with Crippen LogP contribution in [0.2, 0.25) is 0 Å². The Bertz CT molecular complexity index is 1170. The molecule has 0 atom stereocenters. The van der Waals surface area contributed by atoms with E-state index in [2.05, 4.69) is 32.9 Å². The van der Waals surface area contributed by atoms with Crippen molar-refractivity contribution in [2.75, 3.05) is 0 Å². The number of carbonyl (C=O) groups excluding carboxylic acids is 1. The highest BCUT2D eigenvalue weighted by Crippen LogP contribution is 2.27. The van der Waals surface area contributed by atoms with Crippen LogP contribution < -0.4 is 5.43 Å². The van der Waals surface area contributed by atoms with Gasteiger partial charge in [-0.1, -0.05) is 72.3 Å². The first-order valence-electron chi connectivity index (χ1n) is 9.07. The van der Waals surface area contributed by atoms with Crippen LogP contribution in [0.25, 0.3) is 22.0 Å². The molecule has 3 aromatic carbocycles. The number of fused-ring (bicyclic) bond motifs is 1. The second-order valence-corrected chi connectivity index (χ2v) is 6.70. The molecule has 1 heterocycles. The van der Waals surface area contributed by atoms with Crippen molar-refractivity contribution < 1.29 is 4.79 Å². The van der Waals surface area contributed by atoms with Crippen LogP contribution in [-0.4, -0.2) is 21.8 Å². The van der Waals surface area contributed by atoms with Crippen LogP contribution in [-0.2, 0) is 0 Å². The normalized spacial score (nSPS) is 11.6. The van der Waals surface area contributed by atoms with Gasteiger partial charge in [0, 0.05) is 5.56 Å². The van der Waals surface area contributed by atoms with E-state index >= 15 is 0 Å². The van der Waals surface area contributed by atoms with Crippen LogP contribution in [0.5, 0.6) is 0 Å². The van der Waals surface area contributed by atoms with E-state index in [1.165, 1.54) is 5.56 Å². The first-order valence-corrected chi connectivity index (χ1v) is 9.07. The Kier molecular flexibility index (Phi) is 4.72. The lowest BCUT2D eigenvalue weighted by Gasteiger charge is -2.03. The van der Waals surface area contributed by atoms with E-state index in [-0.39, 0.29) is 5.91 Å². The van der Waals surface area contributed by atoms with Crippen molar-refractivity contribution in [3.05, 3.63) is 89.6 Å². The van der Waals surface area contributed by atoms with Crippen LogP contribution in [0.15, 0.2) is 77.9 Å². The number of aromatic nitrogens is 2. The van der Waals surface area contributed by atoms with Crippen molar-refractivity contribution >= 4 is 22.4 Å². The SMILES string of the molecule is CC(=NNC(=O)c1cc(-c2cccc3ccccc23)n[nH]1)c1ccc(C)cc1. The number of hydrogen-bond donors (Lipinski definition) is 2. The third-order valence-electron chi connectivity index (χ3n) is 4.68. The fourth-order valence-electron chi connectivity index (χ4n) is 3.08. The minimum absolute atomic E-state index is 0.328. The molecule has 0 bridgehead atoms. The van der Waals surface area contributed by atoms with E-state index < -0.39 is 0 Å². The van der Waals surface area contributed by atoms with E-state index in [1.54, 1.807) is 6.07 Å². The topological polar surface area (TPSA) is 70.1 Å². The molecule has 28 heavy (non-hydrogen) atoms. The number of hydrazone groups is 1. The minimum atomic E-state index is -0.328. The number of nitrogens with zero attached hydrogens (tertiary/aromatic N) is 2. The molecule has 4 aromatic rings. The van der Waals surface area contributed by atoms with Crippen LogP contribution >= 0.6 is 0 Å². The van der Waals surface area contributed by atoms with Crippen molar-refractivity contribution in [1.82, 2.24) is 15.6 Å². The highest BCUT2D eigenvalue weighted by Gasteiger charge is 2.12. The van der Waals surface area contributed by atoms with E-state index in [0.717, 1.165) is 33.3 Å². The number of amides is 1. The predicted molar refractivity (Wildman–Crippen MR) is 112 cm³/mol. The van der Waals surface area contributed by atoms with Gasteiger partial charge in [0.1, 0.15) is 5.69 Å². The zero-order valence-electron chi connectivity index (χ0n) is 15.7. The van der Waals surface area contributed by atoms with Crippen molar-refractivity contribution in [3.8, 4) is 11.3 Å². The number of rotatable bonds is 4. The Hall–Kier alpha value is -3.73. The molecule has 2 N–H and O–H groups in total. The van der Waals surface area contributed by atoms with Crippen molar-refractivity contribution in [2.24, 2.45) is 5.10 Å². The smallest absolute Gasteiger partial charge is 0.272 e. The summed E-state index contributed by atoms with van der Waals surface area (Å²) >= 11 is 0. The lowest BCUT2D eigenvalue weighted by Crippen LogP contribution is -2.19. The average Bonchev–Trinajstić information content (AvgIpc) is 3.22. The van der Waals surface area contributed by atoms with Gasteiger partial charge in [0.05, 0.1) is 11.4 Å². The molecule has 0 aliphatic carbocycles. The van der Waals surface area contributed by atoms with E-state index in [0.29, 0.717) is 5.69 Å². The van der Waals surface area contributed by atoms with E-state index in [4.69, 9.17) is 0 Å². The molecule has 0 unspecified atom stereocenters. The van der Waals surface area contributed by atoms with Gasteiger partial charge in [0.2, 0.25) is 0 Å². The van der Waals surface area contributed by atoms with Crippen LogP contribution in [0.4, 0.5) is 0 Å². The molecule has 1 amide bonds. The zero-order chi connectivity index (χ0) is 19.5. The Morgan fingerprint density at radius 2 is 1.75 bits per heavy atom. The van der Waals surface area contributed by atoms with Gasteiger partial charge in [0.25, 0.3) is 5.91 Å². The summed E-state index contributed by atoms with van der Waals surface area (Å²) in [5.41, 5.74) is 7.54. The highest BCUT2D eigenvalue weighted by atomic mass is 16.2. The Balaban J connectivity index is 1.54. The van der Waals surface area contributed by atoms with Gasteiger partial charge in [-0.15, -0.1) is 0 Å². The van der Waals surface area contributed by atoms with Gasteiger partial charge >= 0.3 is 0 Å². The van der Waals surface area contributed by atoms with E-state index in [1.807, 2.05) is 68.4 Å². The van der Waals surface area contributed by atoms with Crippen LogP contribution in [0.3, 0.4) is 0 Å². The first kappa shape index (κ1) is 17.7. The number of aryl methyl sites for hydroxylation is 1. The molecule has 0 aliphatic heterocycles. The average molecular weight is 368 g/mol. The first-order chi connectivity index (χ1) is 13.6. The molecule has 5 heteroatoms. The number of aromatic amines is 1. The summed E-state index contributed by atoms with van der Waals surface area (Å²) in [7, 11) is 0. The highest BCUT2D eigenvalue weighted by molar-refractivity contribution is 6.01. The number of nitrogens with one attached hydrogen (secondary N) is 2. The molecular formula is C23H20N4O. The van der Waals surface area contributed by atoms with Crippen LogP contribution in [0, 0.1) is 6.92 Å². The largest absolute Gasteiger partial charge is 0.289 e. The van der Waals surface area contributed by atoms with E-state index in [9.17, 15) is 4.79 Å². The number of H-pyrrole nitrogens is 1. The monoisotopic (exact) mass is 368 g/mol. The van der Waals surface area contributed by atoms with Gasteiger partial charge in [-0.25, -0.2) is 5.43 Å². The molecular weight excluding hydrogens is 348 g/mol. The van der Waals surface area contributed by atoms with Gasteiger partial charge < -0.3 is 0 Å². The molecule has 1 aromatic heterocycles. The summed E-state index contributed by atoms with van der Waals surface area (Å²) in [5, 5.41) is 13.6. The zero-order valence-corrected chi connectivity index (χ0v) is 15.7. The summed E-state index contributed by atoms with van der Waals surface area (Å²) in [6.07, 6.45) is 0. The summed E-state index contributed by atoms with van der Waals surface area (Å²) < 4.78 is 0. The molecule has 0 fully saturated rings. The number of hydrogen-bond acceptors (Lipinski definition) is 3. The molecule has 0 aliphatic rings. The van der Waals surface area contributed by atoms with Gasteiger partial charge in [-0.3, -0.25) is 9.89 Å². The van der Waals surface area contributed by atoms with Crippen molar-refractivity contribution in [2.45, 2.75) is 13.8 Å². The number of carbonyl (C=O) groups is 1. The Morgan fingerprint density at radius 1 is 1.00 bits per heavy atom. The summed E-state index contributed by atoms with van der Waals surface area (Å²) in [6, 6.07) is 23.9. The number of benzene rings is 3. The van der Waals surface area contributed by atoms with Gasteiger partial charge in [-0.05, 0) is 36.2 Å². The second kappa shape index (κ2) is 7.48. The van der Waals surface area contributed by atoms with Crippen molar-refractivity contribution in [1.29, 1.82) is 0 Å². The maximum absolute atomic E-state index is 12.5. The Morgan fingerprint density at radius 3 is 2.57 bits per heavy atom. The second-order valence-electron chi connectivity index (χ2n) is 6.70. The molecule has 0 saturated carbocycles. The molecule has 5 nitrogen and oxygen atoms in total. The summed E-state index contributed by atoms with van der Waals surface area (Å²) in [4.78, 5) is 12.5.